The molecule has 0 unspecified atom stereocenters. The molecule has 2 aliphatic rings. The van der Waals surface area contributed by atoms with Gasteiger partial charge in [-0.05, 0) is 52.6 Å². The summed E-state index contributed by atoms with van der Waals surface area (Å²) in [5, 5.41) is 3.48. The molecule has 144 valence electrons. The Morgan fingerprint density at radius 3 is 2.33 bits per heavy atom. The van der Waals surface area contributed by atoms with Gasteiger partial charge in [-0.15, -0.1) is 0 Å². The lowest BCUT2D eigenvalue weighted by Gasteiger charge is -2.40. The zero-order valence-electron chi connectivity index (χ0n) is 16.3. The predicted molar refractivity (Wildman–Crippen MR) is 104 cm³/mol. The van der Waals surface area contributed by atoms with Crippen molar-refractivity contribution in [2.75, 3.05) is 78.7 Å². The summed E-state index contributed by atoms with van der Waals surface area (Å²) >= 11 is 0. The van der Waals surface area contributed by atoms with Gasteiger partial charge >= 0.3 is 0 Å². The normalized spacial score (nSPS) is 22.5. The number of hydrogen-bond acceptors (Lipinski definition) is 5. The number of hydrogen-bond donors (Lipinski definition) is 1. The summed E-state index contributed by atoms with van der Waals surface area (Å²) < 4.78 is 5.35. The summed E-state index contributed by atoms with van der Waals surface area (Å²) in [6.45, 7) is 20.5. The summed E-state index contributed by atoms with van der Waals surface area (Å²) in [7, 11) is 0. The number of piperidine rings is 1. The standard InChI is InChI=1S/C19H40N4O.H2/c1-4-24-16-8-20-7-11-21-9-5-19(6-10-21)17-22-12-14-23(15-13-22)18(2)3;/h18-20H,4-17H2,1-3H3;1H. The molecule has 0 aromatic carbocycles. The van der Waals surface area contributed by atoms with Crippen LogP contribution in [0.5, 0.6) is 0 Å². The van der Waals surface area contributed by atoms with Crippen molar-refractivity contribution < 1.29 is 6.16 Å². The minimum atomic E-state index is 0. The Bertz CT molecular complexity index is 317. The summed E-state index contributed by atoms with van der Waals surface area (Å²) in [5.74, 6) is 0.915. The molecule has 24 heavy (non-hydrogen) atoms. The van der Waals surface area contributed by atoms with Crippen LogP contribution in [0.4, 0.5) is 0 Å². The smallest absolute Gasteiger partial charge is 0.0590 e. The molecule has 2 saturated heterocycles. The molecule has 2 rings (SSSR count). The van der Waals surface area contributed by atoms with E-state index in [1.165, 1.54) is 65.2 Å². The lowest BCUT2D eigenvalue weighted by Crippen LogP contribution is -2.50. The van der Waals surface area contributed by atoms with E-state index in [4.69, 9.17) is 4.74 Å². The van der Waals surface area contributed by atoms with Gasteiger partial charge < -0.3 is 19.9 Å². The third kappa shape index (κ3) is 7.36. The molecule has 0 aliphatic carbocycles. The average Bonchev–Trinajstić information content (AvgIpc) is 2.60. The van der Waals surface area contributed by atoms with Crippen LogP contribution in [0.3, 0.4) is 0 Å². The minimum Gasteiger partial charge on any atom is -0.380 e. The van der Waals surface area contributed by atoms with E-state index in [1.807, 2.05) is 6.92 Å². The molecule has 2 aliphatic heterocycles. The van der Waals surface area contributed by atoms with Crippen molar-refractivity contribution in [3.63, 3.8) is 0 Å². The number of nitrogens with one attached hydrogen (secondary N) is 1. The Hall–Kier alpha value is -0.200. The second-order valence-electron chi connectivity index (χ2n) is 7.66. The molecule has 0 radical (unpaired) electrons. The molecular formula is C19H42N4O. The minimum absolute atomic E-state index is 0. The van der Waals surface area contributed by atoms with Gasteiger partial charge in [0.05, 0.1) is 6.61 Å². The van der Waals surface area contributed by atoms with Crippen molar-refractivity contribution in [3.8, 4) is 0 Å². The lowest BCUT2D eigenvalue weighted by molar-refractivity contribution is 0.0810. The van der Waals surface area contributed by atoms with Crippen molar-refractivity contribution in [2.24, 2.45) is 5.92 Å². The number of piperazine rings is 1. The van der Waals surface area contributed by atoms with Gasteiger partial charge in [0.25, 0.3) is 0 Å². The molecule has 0 atom stereocenters. The van der Waals surface area contributed by atoms with Crippen LogP contribution in [-0.2, 0) is 4.74 Å². The van der Waals surface area contributed by atoms with Crippen LogP contribution in [0, 0.1) is 5.92 Å². The largest absolute Gasteiger partial charge is 0.380 e. The van der Waals surface area contributed by atoms with E-state index in [1.54, 1.807) is 0 Å². The van der Waals surface area contributed by atoms with Crippen molar-refractivity contribution >= 4 is 0 Å². The predicted octanol–water partition coefficient (Wildman–Crippen LogP) is 1.60. The van der Waals surface area contributed by atoms with Gasteiger partial charge in [-0.2, -0.15) is 0 Å². The molecule has 5 heteroatoms. The molecule has 0 bridgehead atoms. The van der Waals surface area contributed by atoms with E-state index < -0.39 is 0 Å². The Kier molecular flexibility index (Phi) is 9.57. The SMILES string of the molecule is CCOCCNCCN1CCC(CN2CCN(C(C)C)CC2)CC1.[HH]. The molecule has 2 heterocycles. The maximum atomic E-state index is 5.35. The number of rotatable bonds is 10. The highest BCUT2D eigenvalue weighted by Gasteiger charge is 2.24. The van der Waals surface area contributed by atoms with Gasteiger partial charge in [0.15, 0.2) is 0 Å². The molecule has 1 N–H and O–H groups in total. The summed E-state index contributed by atoms with van der Waals surface area (Å²) in [5.41, 5.74) is 0. The molecule has 2 fully saturated rings. The topological polar surface area (TPSA) is 31.0 Å². The molecule has 0 aromatic rings. The first-order valence-electron chi connectivity index (χ1n) is 10.2. The van der Waals surface area contributed by atoms with E-state index in [0.29, 0.717) is 6.04 Å². The second kappa shape index (κ2) is 11.4. The van der Waals surface area contributed by atoms with Gasteiger partial charge in [-0.1, -0.05) is 0 Å². The van der Waals surface area contributed by atoms with Crippen LogP contribution in [0.15, 0.2) is 0 Å². The van der Waals surface area contributed by atoms with Crippen LogP contribution in [0.1, 0.15) is 35.0 Å². The molecule has 0 amide bonds. The Morgan fingerprint density at radius 1 is 1.00 bits per heavy atom. The third-order valence-electron chi connectivity index (χ3n) is 5.59. The Morgan fingerprint density at radius 2 is 1.71 bits per heavy atom. The van der Waals surface area contributed by atoms with Crippen molar-refractivity contribution in [1.82, 2.24) is 20.0 Å². The Balaban J connectivity index is 0.00000312. The van der Waals surface area contributed by atoms with Crippen LogP contribution in [0.2, 0.25) is 0 Å². The molecular weight excluding hydrogens is 300 g/mol. The molecule has 0 aromatic heterocycles. The fraction of sp³-hybridized carbons (Fsp3) is 1.00. The van der Waals surface area contributed by atoms with Gasteiger partial charge in [-0.25, -0.2) is 0 Å². The van der Waals surface area contributed by atoms with Crippen LogP contribution < -0.4 is 5.32 Å². The molecule has 5 nitrogen and oxygen atoms in total. The number of nitrogens with zero attached hydrogens (tertiary/aromatic N) is 3. The zero-order valence-corrected chi connectivity index (χ0v) is 16.3. The lowest BCUT2D eigenvalue weighted by atomic mass is 9.96. The Labute approximate surface area is 151 Å². The first-order chi connectivity index (χ1) is 11.7. The maximum Gasteiger partial charge on any atom is 0.0590 e. The quantitative estimate of drug-likeness (QED) is 0.610. The summed E-state index contributed by atoms with van der Waals surface area (Å²) in [6, 6.07) is 0.706. The van der Waals surface area contributed by atoms with Gasteiger partial charge in [-0.3, -0.25) is 4.90 Å². The highest BCUT2D eigenvalue weighted by Crippen LogP contribution is 2.19. The van der Waals surface area contributed by atoms with E-state index in [-0.39, 0.29) is 1.43 Å². The van der Waals surface area contributed by atoms with E-state index in [2.05, 4.69) is 33.9 Å². The summed E-state index contributed by atoms with van der Waals surface area (Å²) in [6.07, 6.45) is 2.76. The maximum absolute atomic E-state index is 5.35. The van der Waals surface area contributed by atoms with E-state index >= 15 is 0 Å². The number of ether oxygens (including phenoxy) is 1. The van der Waals surface area contributed by atoms with Crippen molar-refractivity contribution in [3.05, 3.63) is 0 Å². The highest BCUT2D eigenvalue weighted by molar-refractivity contribution is 4.79. The fourth-order valence-electron chi connectivity index (χ4n) is 3.87. The number of likely N-dealkylation sites (tertiary alicyclic amines) is 1. The van der Waals surface area contributed by atoms with Gasteiger partial charge in [0, 0.05) is 66.4 Å². The first-order valence-corrected chi connectivity index (χ1v) is 10.2. The van der Waals surface area contributed by atoms with Crippen LogP contribution in [-0.4, -0.2) is 99.4 Å². The fourth-order valence-corrected chi connectivity index (χ4v) is 3.87. The zero-order chi connectivity index (χ0) is 17.2. The highest BCUT2D eigenvalue weighted by atomic mass is 16.5. The van der Waals surface area contributed by atoms with Crippen LogP contribution >= 0.6 is 0 Å². The second-order valence-corrected chi connectivity index (χ2v) is 7.66. The van der Waals surface area contributed by atoms with E-state index in [0.717, 1.165) is 32.2 Å². The van der Waals surface area contributed by atoms with Gasteiger partial charge in [0.2, 0.25) is 0 Å². The monoisotopic (exact) mass is 342 g/mol. The third-order valence-corrected chi connectivity index (χ3v) is 5.59. The van der Waals surface area contributed by atoms with Gasteiger partial charge in [0.1, 0.15) is 0 Å². The van der Waals surface area contributed by atoms with E-state index in [9.17, 15) is 0 Å². The van der Waals surface area contributed by atoms with Crippen molar-refractivity contribution in [1.29, 1.82) is 0 Å². The average molecular weight is 343 g/mol. The van der Waals surface area contributed by atoms with Crippen LogP contribution in [0.25, 0.3) is 0 Å². The van der Waals surface area contributed by atoms with Crippen molar-refractivity contribution in [2.45, 2.75) is 39.7 Å². The first kappa shape index (κ1) is 20.1. The molecule has 0 saturated carbocycles. The molecule has 0 spiro atoms. The summed E-state index contributed by atoms with van der Waals surface area (Å²) in [4.78, 5) is 7.94.